The van der Waals surface area contributed by atoms with E-state index in [1.807, 2.05) is 17.5 Å². The molecule has 0 spiro atoms. The van der Waals surface area contributed by atoms with E-state index in [0.29, 0.717) is 23.9 Å². The summed E-state index contributed by atoms with van der Waals surface area (Å²) in [4.78, 5) is 0.853. The van der Waals surface area contributed by atoms with Crippen molar-refractivity contribution in [2.45, 2.75) is 12.6 Å². The van der Waals surface area contributed by atoms with Crippen molar-refractivity contribution in [3.63, 3.8) is 0 Å². The van der Waals surface area contributed by atoms with E-state index in [1.165, 1.54) is 11.3 Å². The molecule has 6 heteroatoms. The molecular formula is C11H13ClN2O2S. The highest BCUT2D eigenvalue weighted by Gasteiger charge is 2.20. The van der Waals surface area contributed by atoms with Crippen molar-refractivity contribution in [2.24, 2.45) is 0 Å². The molecule has 17 heavy (non-hydrogen) atoms. The number of aliphatic hydroxyl groups is 1. The van der Waals surface area contributed by atoms with Gasteiger partial charge < -0.3 is 9.84 Å². The Hall–Kier alpha value is -0.880. The van der Waals surface area contributed by atoms with Gasteiger partial charge in [0.15, 0.2) is 0 Å². The predicted molar refractivity (Wildman–Crippen MR) is 67.5 cm³/mol. The zero-order chi connectivity index (χ0) is 12.3. The first-order valence-corrected chi connectivity index (χ1v) is 6.41. The van der Waals surface area contributed by atoms with E-state index in [0.717, 1.165) is 4.88 Å². The fraction of sp³-hybridized carbons (Fsp3) is 0.364. The summed E-state index contributed by atoms with van der Waals surface area (Å²) in [5, 5.41) is 16.8. The van der Waals surface area contributed by atoms with Gasteiger partial charge in [-0.05, 0) is 11.4 Å². The minimum Gasteiger partial charge on any atom is -0.383 e. The molecule has 0 radical (unpaired) electrons. The van der Waals surface area contributed by atoms with Crippen molar-refractivity contribution in [1.29, 1.82) is 0 Å². The highest BCUT2D eigenvalue weighted by atomic mass is 35.5. The van der Waals surface area contributed by atoms with Crippen LogP contribution in [-0.4, -0.2) is 28.6 Å². The van der Waals surface area contributed by atoms with E-state index in [9.17, 15) is 5.11 Å². The topological polar surface area (TPSA) is 47.3 Å². The molecule has 0 aromatic carbocycles. The van der Waals surface area contributed by atoms with Crippen molar-refractivity contribution < 1.29 is 9.84 Å². The number of thiophene rings is 1. The predicted octanol–water partition coefficient (Wildman–Crippen LogP) is 2.33. The number of rotatable bonds is 5. The van der Waals surface area contributed by atoms with E-state index >= 15 is 0 Å². The van der Waals surface area contributed by atoms with Crippen LogP contribution in [0.5, 0.6) is 0 Å². The molecule has 2 aromatic heterocycles. The van der Waals surface area contributed by atoms with Crippen LogP contribution in [0, 0.1) is 0 Å². The minimum absolute atomic E-state index is 0.474. The Bertz CT molecular complexity index is 470. The van der Waals surface area contributed by atoms with Gasteiger partial charge >= 0.3 is 0 Å². The fourth-order valence-electron chi connectivity index (χ4n) is 1.58. The van der Waals surface area contributed by atoms with E-state index in [1.54, 1.807) is 18.0 Å². The number of aliphatic hydroxyl groups excluding tert-OH is 1. The molecule has 1 unspecified atom stereocenters. The maximum Gasteiger partial charge on any atom is 0.131 e. The van der Waals surface area contributed by atoms with Gasteiger partial charge in [-0.3, -0.25) is 4.68 Å². The monoisotopic (exact) mass is 272 g/mol. The largest absolute Gasteiger partial charge is 0.383 e. The van der Waals surface area contributed by atoms with Crippen LogP contribution in [0.2, 0.25) is 5.02 Å². The van der Waals surface area contributed by atoms with Crippen LogP contribution in [-0.2, 0) is 11.3 Å². The maximum absolute atomic E-state index is 10.3. The summed E-state index contributed by atoms with van der Waals surface area (Å²) in [6.07, 6.45) is 0.811. The number of aromatic nitrogens is 2. The van der Waals surface area contributed by atoms with Crippen molar-refractivity contribution in [2.75, 3.05) is 13.7 Å². The van der Waals surface area contributed by atoms with Crippen molar-refractivity contribution >= 4 is 22.9 Å². The number of hydrogen-bond acceptors (Lipinski definition) is 4. The van der Waals surface area contributed by atoms with Gasteiger partial charge in [0.25, 0.3) is 0 Å². The first-order chi connectivity index (χ1) is 8.24. The molecule has 2 rings (SSSR count). The average Bonchev–Trinajstić information content (AvgIpc) is 2.95. The zero-order valence-corrected chi connectivity index (χ0v) is 10.9. The molecule has 1 N–H and O–H groups in total. The molecule has 2 aromatic rings. The summed E-state index contributed by atoms with van der Waals surface area (Å²) in [5.41, 5.74) is 0.617. The van der Waals surface area contributed by atoms with Crippen molar-refractivity contribution in [1.82, 2.24) is 9.78 Å². The van der Waals surface area contributed by atoms with Gasteiger partial charge in [0.05, 0.1) is 30.1 Å². The third-order valence-electron chi connectivity index (χ3n) is 2.41. The standard InChI is InChI=1S/C11H13ClN2O2S/c1-16-5-4-14-10(8(12)7-13-14)11(15)9-3-2-6-17-9/h2-3,6-7,11,15H,4-5H2,1H3. The second kappa shape index (κ2) is 5.64. The number of nitrogens with zero attached hydrogens (tertiary/aromatic N) is 2. The number of ether oxygens (including phenoxy) is 1. The van der Waals surface area contributed by atoms with Gasteiger partial charge in [-0.15, -0.1) is 11.3 Å². The second-order valence-corrected chi connectivity index (χ2v) is 4.90. The molecule has 1 atom stereocenters. The Morgan fingerprint density at radius 3 is 3.12 bits per heavy atom. The molecule has 0 aliphatic rings. The summed E-state index contributed by atoms with van der Waals surface area (Å²) in [7, 11) is 1.63. The second-order valence-electron chi connectivity index (χ2n) is 3.51. The third kappa shape index (κ3) is 2.69. The van der Waals surface area contributed by atoms with E-state index in [2.05, 4.69) is 5.10 Å². The first-order valence-electron chi connectivity index (χ1n) is 5.15. The Morgan fingerprint density at radius 1 is 1.65 bits per heavy atom. The Balaban J connectivity index is 2.27. The quantitative estimate of drug-likeness (QED) is 0.909. The Kier molecular flexibility index (Phi) is 4.17. The number of hydrogen-bond donors (Lipinski definition) is 1. The average molecular weight is 273 g/mol. The van der Waals surface area contributed by atoms with Gasteiger partial charge in [-0.25, -0.2) is 0 Å². The molecule has 92 valence electrons. The summed E-state index contributed by atoms with van der Waals surface area (Å²) < 4.78 is 6.67. The van der Waals surface area contributed by atoms with Crippen LogP contribution in [0.4, 0.5) is 0 Å². The van der Waals surface area contributed by atoms with Gasteiger partial charge in [0.1, 0.15) is 6.10 Å². The van der Waals surface area contributed by atoms with Gasteiger partial charge in [0, 0.05) is 12.0 Å². The van der Waals surface area contributed by atoms with Gasteiger partial charge in [-0.2, -0.15) is 5.10 Å². The molecule has 0 bridgehead atoms. The molecule has 0 saturated carbocycles. The van der Waals surface area contributed by atoms with Crippen molar-refractivity contribution in [3.8, 4) is 0 Å². The molecule has 0 amide bonds. The van der Waals surface area contributed by atoms with Crippen LogP contribution in [0.25, 0.3) is 0 Å². The normalized spacial score (nSPS) is 12.9. The molecular weight excluding hydrogens is 260 g/mol. The highest BCUT2D eigenvalue weighted by Crippen LogP contribution is 2.30. The van der Waals surface area contributed by atoms with Crippen LogP contribution in [0.3, 0.4) is 0 Å². The van der Waals surface area contributed by atoms with Crippen LogP contribution in [0.15, 0.2) is 23.7 Å². The third-order valence-corrected chi connectivity index (χ3v) is 3.63. The molecule has 2 heterocycles. The fourth-order valence-corrected chi connectivity index (χ4v) is 2.54. The smallest absolute Gasteiger partial charge is 0.131 e. The van der Waals surface area contributed by atoms with Crippen molar-refractivity contribution in [3.05, 3.63) is 39.3 Å². The van der Waals surface area contributed by atoms with E-state index in [4.69, 9.17) is 16.3 Å². The lowest BCUT2D eigenvalue weighted by atomic mass is 10.2. The lowest BCUT2D eigenvalue weighted by Crippen LogP contribution is -2.13. The molecule has 0 aliphatic carbocycles. The minimum atomic E-state index is -0.734. The van der Waals surface area contributed by atoms with E-state index in [-0.39, 0.29) is 0 Å². The van der Waals surface area contributed by atoms with Gasteiger partial charge in [0.2, 0.25) is 0 Å². The summed E-state index contributed by atoms with van der Waals surface area (Å²) >= 11 is 7.55. The summed E-state index contributed by atoms with van der Waals surface area (Å²) in [5.74, 6) is 0. The van der Waals surface area contributed by atoms with Crippen LogP contribution < -0.4 is 0 Å². The van der Waals surface area contributed by atoms with Crippen LogP contribution >= 0.6 is 22.9 Å². The number of methoxy groups -OCH3 is 1. The lowest BCUT2D eigenvalue weighted by molar-refractivity contribution is 0.172. The molecule has 0 fully saturated rings. The SMILES string of the molecule is COCCn1ncc(Cl)c1C(O)c1cccs1. The zero-order valence-electron chi connectivity index (χ0n) is 9.34. The highest BCUT2D eigenvalue weighted by molar-refractivity contribution is 7.10. The first kappa shape index (κ1) is 12.6. The number of halogens is 1. The molecule has 0 aliphatic heterocycles. The molecule has 0 saturated heterocycles. The van der Waals surface area contributed by atoms with Gasteiger partial charge in [-0.1, -0.05) is 17.7 Å². The molecule has 4 nitrogen and oxygen atoms in total. The maximum atomic E-state index is 10.3. The summed E-state index contributed by atoms with van der Waals surface area (Å²) in [6, 6.07) is 3.77. The Morgan fingerprint density at radius 2 is 2.47 bits per heavy atom. The summed E-state index contributed by atoms with van der Waals surface area (Å²) in [6.45, 7) is 1.10. The van der Waals surface area contributed by atoms with E-state index < -0.39 is 6.10 Å². The Labute approximate surface area is 108 Å². The lowest BCUT2D eigenvalue weighted by Gasteiger charge is -2.12. The van der Waals surface area contributed by atoms with Crippen LogP contribution in [0.1, 0.15) is 16.7 Å².